The predicted molar refractivity (Wildman–Crippen MR) is 110 cm³/mol. The summed E-state index contributed by atoms with van der Waals surface area (Å²) >= 11 is 0. The Labute approximate surface area is 175 Å². The fourth-order valence-corrected chi connectivity index (χ4v) is 7.07. The van der Waals surface area contributed by atoms with Crippen LogP contribution in [0.25, 0.3) is 0 Å². The lowest BCUT2D eigenvalue weighted by Crippen LogP contribution is -2.52. The summed E-state index contributed by atoms with van der Waals surface area (Å²) in [6, 6.07) is 6.20. The molecule has 166 valence electrons. The van der Waals surface area contributed by atoms with Crippen LogP contribution in [0.2, 0.25) is 0 Å². The molecule has 1 aliphatic heterocycles. The van der Waals surface area contributed by atoms with E-state index in [-0.39, 0.29) is 18.4 Å². The highest BCUT2D eigenvalue weighted by Crippen LogP contribution is 2.50. The highest BCUT2D eigenvalue weighted by molar-refractivity contribution is 7.87. The molecule has 1 saturated carbocycles. The average molecular weight is 444 g/mol. The molecule has 5 nitrogen and oxygen atoms in total. The summed E-state index contributed by atoms with van der Waals surface area (Å²) in [5.74, 6) is -0.00938. The Morgan fingerprint density at radius 2 is 1.93 bits per heavy atom. The Morgan fingerprint density at radius 3 is 2.60 bits per heavy atom. The van der Waals surface area contributed by atoms with Gasteiger partial charge in [-0.3, -0.25) is 4.99 Å². The van der Waals surface area contributed by atoms with Crippen molar-refractivity contribution in [2.24, 2.45) is 16.8 Å². The van der Waals surface area contributed by atoms with Crippen molar-refractivity contribution < 1.29 is 21.6 Å². The summed E-state index contributed by atoms with van der Waals surface area (Å²) in [5, 5.41) is 0. The molecule has 4 rings (SSSR count). The molecule has 2 aliphatic carbocycles. The Kier molecular flexibility index (Phi) is 5.74. The van der Waals surface area contributed by atoms with Crippen LogP contribution >= 0.6 is 0 Å². The number of fused-ring (bicyclic) bond motifs is 1. The lowest BCUT2D eigenvalue weighted by Gasteiger charge is -2.33. The molecule has 1 saturated heterocycles. The van der Waals surface area contributed by atoms with Gasteiger partial charge in [0, 0.05) is 19.3 Å². The Hall–Kier alpha value is -1.45. The van der Waals surface area contributed by atoms with Crippen molar-refractivity contribution in [2.45, 2.75) is 57.2 Å². The highest BCUT2D eigenvalue weighted by atomic mass is 32.2. The van der Waals surface area contributed by atoms with Gasteiger partial charge in [0.1, 0.15) is 6.54 Å². The van der Waals surface area contributed by atoms with Crippen LogP contribution in [0.3, 0.4) is 0 Å². The van der Waals surface area contributed by atoms with Crippen LogP contribution in [-0.2, 0) is 23.1 Å². The molecule has 9 heteroatoms. The van der Waals surface area contributed by atoms with Gasteiger partial charge in [-0.25, -0.2) is 0 Å². The summed E-state index contributed by atoms with van der Waals surface area (Å²) < 4.78 is 67.2. The molecule has 2 bridgehead atoms. The number of aliphatic imine (C=N–C) groups is 1. The van der Waals surface area contributed by atoms with E-state index in [0.29, 0.717) is 17.1 Å². The highest BCUT2D eigenvalue weighted by Gasteiger charge is 2.60. The van der Waals surface area contributed by atoms with Crippen LogP contribution in [0.15, 0.2) is 23.2 Å². The van der Waals surface area contributed by atoms with E-state index >= 15 is 0 Å². The van der Waals surface area contributed by atoms with E-state index in [0.717, 1.165) is 43.4 Å². The number of alkyl halides is 3. The van der Waals surface area contributed by atoms with Gasteiger partial charge in [-0.2, -0.15) is 30.6 Å². The Morgan fingerprint density at radius 1 is 1.23 bits per heavy atom. The standard InChI is InChI=1S/C21H28F3N3O2S/c1-2-3-8-25-12-15-4-5-16-10-18-6-7-19(11-17(16)9-15)20(18)13-27(14-21(22,23)24)30(28,29)26-20/h4-5,9,12,18-19,26H,2-3,6-8,10-11,13-14H2,1H3/t18-,19+,20+/m0/s1. The van der Waals surface area contributed by atoms with Crippen LogP contribution < -0.4 is 4.72 Å². The maximum atomic E-state index is 13.0. The van der Waals surface area contributed by atoms with Crippen molar-refractivity contribution >= 4 is 16.4 Å². The fourth-order valence-electron chi connectivity index (χ4n) is 5.36. The van der Waals surface area contributed by atoms with E-state index in [1.54, 1.807) is 0 Å². The van der Waals surface area contributed by atoms with Crippen LogP contribution in [0, 0.1) is 11.8 Å². The second kappa shape index (κ2) is 7.91. The van der Waals surface area contributed by atoms with Crippen molar-refractivity contribution in [3.63, 3.8) is 0 Å². The second-order valence-corrected chi connectivity index (χ2v) is 10.5. The van der Waals surface area contributed by atoms with Gasteiger partial charge in [0.05, 0.1) is 5.54 Å². The first-order valence-electron chi connectivity index (χ1n) is 10.6. The van der Waals surface area contributed by atoms with Crippen molar-refractivity contribution in [1.29, 1.82) is 0 Å². The average Bonchev–Trinajstić information content (AvgIpc) is 3.03. The molecule has 3 atom stereocenters. The molecule has 0 aromatic heterocycles. The van der Waals surface area contributed by atoms with Gasteiger partial charge in [-0.1, -0.05) is 25.5 Å². The zero-order valence-electron chi connectivity index (χ0n) is 17.1. The first-order valence-corrected chi connectivity index (χ1v) is 12.0. The number of nitrogens with zero attached hydrogens (tertiary/aromatic N) is 2. The Bertz CT molecular complexity index is 932. The Balaban J connectivity index is 1.59. The first-order chi connectivity index (χ1) is 14.1. The molecular formula is C21H28F3N3O2S. The molecule has 0 radical (unpaired) electrons. The van der Waals surface area contributed by atoms with Gasteiger partial charge in [-0.05, 0) is 66.7 Å². The van der Waals surface area contributed by atoms with Gasteiger partial charge in [0.2, 0.25) is 0 Å². The molecule has 0 unspecified atom stereocenters. The molecular weight excluding hydrogens is 415 g/mol. The third-order valence-corrected chi connectivity index (χ3v) is 8.39. The molecule has 30 heavy (non-hydrogen) atoms. The lowest BCUT2D eigenvalue weighted by atomic mass is 9.79. The maximum Gasteiger partial charge on any atom is 0.402 e. The SMILES string of the molecule is CCCCN=Cc1ccc2c(c1)C[C@H]1CC[C@@H](C2)[C@]12CN(CC(F)(F)F)S(=O)(=O)N2. The summed E-state index contributed by atoms with van der Waals surface area (Å²) in [4.78, 5) is 4.46. The van der Waals surface area contributed by atoms with Crippen molar-refractivity contribution in [2.75, 3.05) is 19.6 Å². The van der Waals surface area contributed by atoms with Crippen LogP contribution in [0.4, 0.5) is 13.2 Å². The molecule has 1 aromatic rings. The van der Waals surface area contributed by atoms with E-state index < -0.39 is 28.5 Å². The zero-order chi connectivity index (χ0) is 21.6. The molecule has 0 amide bonds. The zero-order valence-corrected chi connectivity index (χ0v) is 17.9. The van der Waals surface area contributed by atoms with E-state index in [1.165, 1.54) is 5.56 Å². The smallest absolute Gasteiger partial charge is 0.293 e. The minimum Gasteiger partial charge on any atom is -0.293 e. The van der Waals surface area contributed by atoms with Crippen molar-refractivity contribution in [1.82, 2.24) is 9.03 Å². The van der Waals surface area contributed by atoms with E-state index in [1.807, 2.05) is 12.3 Å². The van der Waals surface area contributed by atoms with Crippen molar-refractivity contribution in [3.05, 3.63) is 34.9 Å². The van der Waals surface area contributed by atoms with Crippen molar-refractivity contribution in [3.8, 4) is 0 Å². The first kappa shape index (κ1) is 21.8. The quantitative estimate of drug-likeness (QED) is 0.560. The van der Waals surface area contributed by atoms with Crippen LogP contribution in [-0.4, -0.2) is 50.3 Å². The van der Waals surface area contributed by atoms with Gasteiger partial charge < -0.3 is 0 Å². The third-order valence-electron chi connectivity index (χ3n) is 6.82. The third kappa shape index (κ3) is 4.16. The number of nitrogens with one attached hydrogen (secondary N) is 1. The summed E-state index contributed by atoms with van der Waals surface area (Å²) in [7, 11) is -4.14. The van der Waals surface area contributed by atoms with E-state index in [9.17, 15) is 21.6 Å². The van der Waals surface area contributed by atoms with Crippen LogP contribution in [0.5, 0.6) is 0 Å². The molecule has 1 N–H and O–H groups in total. The van der Waals surface area contributed by atoms with Gasteiger partial charge >= 0.3 is 6.18 Å². The molecule has 3 aliphatic rings. The van der Waals surface area contributed by atoms with Crippen LogP contribution in [0.1, 0.15) is 49.3 Å². The summed E-state index contributed by atoms with van der Waals surface area (Å²) in [6.07, 6.45) is 2.45. The predicted octanol–water partition coefficient (Wildman–Crippen LogP) is 3.48. The number of hydrogen-bond donors (Lipinski definition) is 1. The minimum atomic E-state index is -4.56. The normalized spacial score (nSPS) is 30.8. The summed E-state index contributed by atoms with van der Waals surface area (Å²) in [6.45, 7) is 1.37. The molecule has 1 spiro atoms. The van der Waals surface area contributed by atoms with Gasteiger partial charge in [-0.15, -0.1) is 0 Å². The topological polar surface area (TPSA) is 61.8 Å². The number of unbranched alkanes of at least 4 members (excludes halogenated alkanes) is 1. The fraction of sp³-hybridized carbons (Fsp3) is 0.667. The second-order valence-electron chi connectivity index (χ2n) is 8.83. The largest absolute Gasteiger partial charge is 0.402 e. The van der Waals surface area contributed by atoms with Gasteiger partial charge in [0.25, 0.3) is 10.2 Å². The lowest BCUT2D eigenvalue weighted by molar-refractivity contribution is -0.136. The number of benzene rings is 1. The maximum absolute atomic E-state index is 13.0. The number of halogens is 3. The minimum absolute atomic E-state index is 0.000768. The number of hydrogen-bond acceptors (Lipinski definition) is 3. The number of rotatable bonds is 5. The molecule has 2 fully saturated rings. The van der Waals surface area contributed by atoms with E-state index in [4.69, 9.17) is 0 Å². The molecule has 1 aromatic carbocycles. The van der Waals surface area contributed by atoms with E-state index in [2.05, 4.69) is 28.8 Å². The molecule has 1 heterocycles. The van der Waals surface area contributed by atoms with Gasteiger partial charge in [0.15, 0.2) is 0 Å². The summed E-state index contributed by atoms with van der Waals surface area (Å²) in [5.41, 5.74) is 2.52. The monoisotopic (exact) mass is 443 g/mol.